The molecule has 1 aliphatic heterocycles. The van der Waals surface area contributed by atoms with Crippen molar-refractivity contribution in [3.05, 3.63) is 0 Å². The summed E-state index contributed by atoms with van der Waals surface area (Å²) in [5, 5.41) is 12.0. The van der Waals surface area contributed by atoms with Crippen LogP contribution in [0.2, 0.25) is 0 Å². The summed E-state index contributed by atoms with van der Waals surface area (Å²) in [5.74, 6) is 0. The van der Waals surface area contributed by atoms with Gasteiger partial charge in [0.1, 0.15) is 6.10 Å². The minimum Gasteiger partial charge on any atom is -0.445 e. The zero-order valence-electron chi connectivity index (χ0n) is 6.12. The molecule has 11 heavy (non-hydrogen) atoms. The number of ether oxygens (including phenoxy) is 1. The highest BCUT2D eigenvalue weighted by Crippen LogP contribution is 2.06. The highest BCUT2D eigenvalue weighted by Gasteiger charge is 2.21. The van der Waals surface area contributed by atoms with Crippen LogP contribution in [-0.2, 0) is 4.74 Å². The maximum atomic E-state index is 10.3. The van der Waals surface area contributed by atoms with Gasteiger partial charge in [0, 0.05) is 19.5 Å². The van der Waals surface area contributed by atoms with Crippen LogP contribution in [0.5, 0.6) is 0 Å². The van der Waals surface area contributed by atoms with Crippen molar-refractivity contribution in [3.8, 4) is 0 Å². The number of primary amides is 1. The predicted octanol–water partition coefficient (Wildman–Crippen LogP) is -1.20. The highest BCUT2D eigenvalue weighted by atomic mass is 16.6. The van der Waals surface area contributed by atoms with Crippen molar-refractivity contribution in [2.45, 2.75) is 18.6 Å². The summed E-state index contributed by atoms with van der Waals surface area (Å²) >= 11 is 0. The molecule has 64 valence electrons. The minimum atomic E-state index is -0.786. The molecule has 1 amide bonds. The van der Waals surface area contributed by atoms with Crippen molar-refractivity contribution < 1.29 is 14.6 Å². The van der Waals surface area contributed by atoms with Crippen LogP contribution >= 0.6 is 0 Å². The number of hydrogen-bond acceptors (Lipinski definition) is 4. The molecule has 0 aromatic carbocycles. The van der Waals surface area contributed by atoms with Crippen LogP contribution in [0, 0.1) is 0 Å². The summed E-state index contributed by atoms with van der Waals surface area (Å²) in [6, 6.07) is 0. The molecule has 0 aromatic rings. The molecule has 5 nitrogen and oxygen atoms in total. The number of piperidine rings is 1. The average molecular weight is 160 g/mol. The molecule has 1 aliphatic rings. The molecule has 0 bridgehead atoms. The molecule has 1 saturated heterocycles. The van der Waals surface area contributed by atoms with Gasteiger partial charge in [-0.1, -0.05) is 0 Å². The Balaban J connectivity index is 2.28. The second-order valence-electron chi connectivity index (χ2n) is 2.61. The summed E-state index contributed by atoms with van der Waals surface area (Å²) in [6.07, 6.45) is -1.04. The quantitative estimate of drug-likeness (QED) is 0.450. The molecule has 2 atom stereocenters. The smallest absolute Gasteiger partial charge is 0.404 e. The molecule has 0 saturated carbocycles. The molecule has 0 aromatic heterocycles. The van der Waals surface area contributed by atoms with Crippen LogP contribution in [0.4, 0.5) is 4.79 Å². The monoisotopic (exact) mass is 160 g/mol. The fraction of sp³-hybridized carbons (Fsp3) is 0.833. The third-order valence-electron chi connectivity index (χ3n) is 1.57. The Morgan fingerprint density at radius 3 is 2.91 bits per heavy atom. The van der Waals surface area contributed by atoms with Crippen LogP contribution in [0.3, 0.4) is 0 Å². The van der Waals surface area contributed by atoms with Gasteiger partial charge < -0.3 is 20.9 Å². The summed E-state index contributed by atoms with van der Waals surface area (Å²) in [6.45, 7) is 1.12. The topological polar surface area (TPSA) is 84.6 Å². The van der Waals surface area contributed by atoms with E-state index >= 15 is 0 Å². The van der Waals surface area contributed by atoms with E-state index in [-0.39, 0.29) is 6.10 Å². The van der Waals surface area contributed by atoms with Gasteiger partial charge in [-0.05, 0) is 0 Å². The predicted molar refractivity (Wildman–Crippen MR) is 37.9 cm³/mol. The lowest BCUT2D eigenvalue weighted by Crippen LogP contribution is -2.44. The van der Waals surface area contributed by atoms with Gasteiger partial charge in [-0.2, -0.15) is 0 Å². The average Bonchev–Trinajstić information content (AvgIpc) is 1.85. The van der Waals surface area contributed by atoms with E-state index in [9.17, 15) is 4.79 Å². The Hall–Kier alpha value is -0.810. The first-order valence-corrected chi connectivity index (χ1v) is 3.53. The second-order valence-corrected chi connectivity index (χ2v) is 2.61. The van der Waals surface area contributed by atoms with Crippen molar-refractivity contribution in [3.63, 3.8) is 0 Å². The lowest BCUT2D eigenvalue weighted by Gasteiger charge is -2.25. The van der Waals surface area contributed by atoms with E-state index in [1.807, 2.05) is 0 Å². The SMILES string of the molecule is NC(=O)OC1CNCC(O)C1. The van der Waals surface area contributed by atoms with Gasteiger partial charge in [0.2, 0.25) is 0 Å². The van der Waals surface area contributed by atoms with E-state index in [4.69, 9.17) is 10.8 Å². The summed E-state index contributed by atoms with van der Waals surface area (Å²) in [4.78, 5) is 10.3. The third kappa shape index (κ3) is 2.73. The number of nitrogens with two attached hydrogens (primary N) is 1. The molecule has 1 rings (SSSR count). The summed E-state index contributed by atoms with van der Waals surface area (Å²) in [7, 11) is 0. The number of nitrogens with one attached hydrogen (secondary N) is 1. The lowest BCUT2D eigenvalue weighted by molar-refractivity contribution is 0.0371. The van der Waals surface area contributed by atoms with Gasteiger partial charge in [-0.25, -0.2) is 4.79 Å². The Labute approximate surface area is 64.5 Å². The van der Waals surface area contributed by atoms with E-state index in [1.54, 1.807) is 0 Å². The van der Waals surface area contributed by atoms with Crippen molar-refractivity contribution in [1.29, 1.82) is 0 Å². The molecule has 1 fully saturated rings. The number of amides is 1. The number of rotatable bonds is 1. The summed E-state index contributed by atoms with van der Waals surface area (Å²) in [5.41, 5.74) is 4.80. The number of carbonyl (C=O) groups excluding carboxylic acids is 1. The van der Waals surface area contributed by atoms with E-state index < -0.39 is 12.2 Å². The largest absolute Gasteiger partial charge is 0.445 e. The van der Waals surface area contributed by atoms with Crippen molar-refractivity contribution in [1.82, 2.24) is 5.32 Å². The molecule has 5 heteroatoms. The van der Waals surface area contributed by atoms with Gasteiger partial charge in [-0.3, -0.25) is 0 Å². The zero-order valence-corrected chi connectivity index (χ0v) is 6.12. The van der Waals surface area contributed by atoms with E-state index in [0.29, 0.717) is 19.5 Å². The first-order valence-electron chi connectivity index (χ1n) is 3.53. The van der Waals surface area contributed by atoms with E-state index in [0.717, 1.165) is 0 Å². The fourth-order valence-corrected chi connectivity index (χ4v) is 1.14. The standard InChI is InChI=1S/C6H12N2O3/c7-6(10)11-5-1-4(9)2-8-3-5/h4-5,8-9H,1-3H2,(H2,7,10). The number of β-amino-alcohol motifs (C(OH)–C–C–N with tert-alkyl or cyclic N) is 1. The van der Waals surface area contributed by atoms with Crippen LogP contribution in [0.15, 0.2) is 0 Å². The first-order chi connectivity index (χ1) is 5.18. The molecule has 0 radical (unpaired) electrons. The maximum Gasteiger partial charge on any atom is 0.404 e. The Bertz CT molecular complexity index is 151. The van der Waals surface area contributed by atoms with Crippen LogP contribution in [-0.4, -0.2) is 36.5 Å². The molecule has 0 spiro atoms. The Morgan fingerprint density at radius 2 is 2.36 bits per heavy atom. The van der Waals surface area contributed by atoms with Gasteiger partial charge in [0.05, 0.1) is 6.10 Å². The number of hydrogen-bond donors (Lipinski definition) is 3. The number of carbonyl (C=O) groups is 1. The van der Waals surface area contributed by atoms with Gasteiger partial charge in [0.15, 0.2) is 0 Å². The van der Waals surface area contributed by atoms with Crippen LogP contribution < -0.4 is 11.1 Å². The zero-order chi connectivity index (χ0) is 8.27. The molecule has 2 unspecified atom stereocenters. The molecule has 4 N–H and O–H groups in total. The van der Waals surface area contributed by atoms with Gasteiger partial charge >= 0.3 is 6.09 Å². The maximum absolute atomic E-state index is 10.3. The number of aliphatic hydroxyl groups excluding tert-OH is 1. The molecule has 0 aliphatic carbocycles. The van der Waals surface area contributed by atoms with Crippen molar-refractivity contribution >= 4 is 6.09 Å². The normalized spacial score (nSPS) is 31.4. The first kappa shape index (κ1) is 8.29. The lowest BCUT2D eigenvalue weighted by atomic mass is 10.1. The Morgan fingerprint density at radius 1 is 1.64 bits per heavy atom. The molecule has 1 heterocycles. The van der Waals surface area contributed by atoms with Crippen molar-refractivity contribution in [2.75, 3.05) is 13.1 Å². The van der Waals surface area contributed by atoms with E-state index in [2.05, 4.69) is 10.1 Å². The number of aliphatic hydroxyl groups is 1. The van der Waals surface area contributed by atoms with Crippen LogP contribution in [0.1, 0.15) is 6.42 Å². The van der Waals surface area contributed by atoms with Crippen molar-refractivity contribution in [2.24, 2.45) is 5.73 Å². The minimum absolute atomic E-state index is 0.281. The fourth-order valence-electron chi connectivity index (χ4n) is 1.14. The van der Waals surface area contributed by atoms with E-state index in [1.165, 1.54) is 0 Å². The highest BCUT2D eigenvalue weighted by molar-refractivity contribution is 5.64. The Kier molecular flexibility index (Phi) is 2.67. The van der Waals surface area contributed by atoms with Gasteiger partial charge in [0.25, 0.3) is 0 Å². The van der Waals surface area contributed by atoms with Crippen LogP contribution in [0.25, 0.3) is 0 Å². The second kappa shape index (κ2) is 3.54. The molecular formula is C6H12N2O3. The molecular weight excluding hydrogens is 148 g/mol. The third-order valence-corrected chi connectivity index (χ3v) is 1.57. The van der Waals surface area contributed by atoms with Gasteiger partial charge in [-0.15, -0.1) is 0 Å². The summed E-state index contributed by atoms with van der Waals surface area (Å²) < 4.78 is 4.68.